The lowest BCUT2D eigenvalue weighted by atomic mass is 10.1. The smallest absolute Gasteiger partial charge is 0.306 e. The molecule has 0 radical (unpaired) electrons. The highest BCUT2D eigenvalue weighted by Crippen LogP contribution is 2.14. The van der Waals surface area contributed by atoms with E-state index in [4.69, 9.17) is 14.2 Å². The first kappa shape index (κ1) is 59.3. The average Bonchev–Trinajstić information content (AvgIpc) is 3.28. The fraction of sp³-hybridized carbons (Fsp3) is 0.667. The van der Waals surface area contributed by atoms with Crippen molar-refractivity contribution in [3.63, 3.8) is 0 Å². The first-order chi connectivity index (χ1) is 31.0. The zero-order valence-corrected chi connectivity index (χ0v) is 40.8. The summed E-state index contributed by atoms with van der Waals surface area (Å²) in [5.74, 6) is -0.962. The standard InChI is InChI=1S/C57H94O6/c1-4-7-10-13-15-17-19-21-23-25-27-28-30-31-33-35-37-39-41-44-47-50-56(59)62-53-54(52-61-55(58)49-46-43-12-9-6-3)63-57(60)51-48-45-42-40-38-36-34-32-29-26-24-22-20-18-16-14-11-8-5-2/h7,10,15-18,21-24,27-28,31,33,37,39,54H,4-6,8-9,11-14,19-20,25-26,29-30,32,34-36,38,40-53H2,1-3H3/b10-7-,17-15-,18-16-,23-21-,24-22-,28-27-,33-31-,39-37-. The Morgan fingerprint density at radius 2 is 0.619 bits per heavy atom. The molecule has 0 aliphatic carbocycles. The molecule has 0 aliphatic rings. The summed E-state index contributed by atoms with van der Waals surface area (Å²) in [7, 11) is 0. The molecule has 0 aromatic carbocycles. The third-order valence-corrected chi connectivity index (χ3v) is 10.6. The predicted molar refractivity (Wildman–Crippen MR) is 270 cm³/mol. The number of esters is 3. The van der Waals surface area contributed by atoms with Gasteiger partial charge in [-0.05, 0) is 103 Å². The lowest BCUT2D eigenvalue weighted by molar-refractivity contribution is -0.167. The zero-order valence-electron chi connectivity index (χ0n) is 40.8. The van der Waals surface area contributed by atoms with Gasteiger partial charge in [-0.1, -0.05) is 201 Å². The van der Waals surface area contributed by atoms with Gasteiger partial charge in [-0.25, -0.2) is 0 Å². The molecule has 0 fully saturated rings. The van der Waals surface area contributed by atoms with E-state index in [1.54, 1.807) is 0 Å². The van der Waals surface area contributed by atoms with Crippen molar-refractivity contribution in [2.75, 3.05) is 13.2 Å². The number of ether oxygens (including phenoxy) is 3. The minimum absolute atomic E-state index is 0.0949. The molecule has 1 atom stereocenters. The molecule has 0 aromatic rings. The zero-order chi connectivity index (χ0) is 45.8. The molecule has 1 unspecified atom stereocenters. The van der Waals surface area contributed by atoms with Crippen LogP contribution in [0.4, 0.5) is 0 Å². The van der Waals surface area contributed by atoms with Crippen molar-refractivity contribution in [1.29, 1.82) is 0 Å². The summed E-state index contributed by atoms with van der Waals surface area (Å²) in [6.07, 6.45) is 67.1. The van der Waals surface area contributed by atoms with Crippen LogP contribution in [0.1, 0.15) is 226 Å². The van der Waals surface area contributed by atoms with Gasteiger partial charge in [-0.2, -0.15) is 0 Å². The van der Waals surface area contributed by atoms with Crippen LogP contribution in [0, 0.1) is 0 Å². The summed E-state index contributed by atoms with van der Waals surface area (Å²) < 4.78 is 16.6. The third kappa shape index (κ3) is 49.2. The largest absolute Gasteiger partial charge is 0.462 e. The summed E-state index contributed by atoms with van der Waals surface area (Å²) in [5.41, 5.74) is 0. The fourth-order valence-electron chi connectivity index (χ4n) is 6.71. The Morgan fingerprint density at radius 1 is 0.333 bits per heavy atom. The Balaban J connectivity index is 4.27. The van der Waals surface area contributed by atoms with Gasteiger partial charge in [-0.15, -0.1) is 0 Å². The normalized spacial score (nSPS) is 12.9. The van der Waals surface area contributed by atoms with Crippen LogP contribution in [0.15, 0.2) is 97.2 Å². The minimum Gasteiger partial charge on any atom is -0.462 e. The van der Waals surface area contributed by atoms with E-state index in [1.807, 2.05) is 0 Å². The number of unbranched alkanes of at least 4 members (excludes halogenated alkanes) is 18. The van der Waals surface area contributed by atoms with E-state index in [-0.39, 0.29) is 31.1 Å². The van der Waals surface area contributed by atoms with Crippen molar-refractivity contribution in [1.82, 2.24) is 0 Å². The Hall–Kier alpha value is -3.67. The second-order valence-electron chi connectivity index (χ2n) is 16.7. The fourth-order valence-corrected chi connectivity index (χ4v) is 6.71. The summed E-state index contributed by atoms with van der Waals surface area (Å²) in [5, 5.41) is 0. The number of hydrogen-bond acceptors (Lipinski definition) is 6. The van der Waals surface area contributed by atoms with Crippen molar-refractivity contribution >= 4 is 17.9 Å². The number of carbonyl (C=O) groups excluding carboxylic acids is 3. The van der Waals surface area contributed by atoms with Crippen LogP contribution in [0.5, 0.6) is 0 Å². The highest BCUT2D eigenvalue weighted by atomic mass is 16.6. The number of allylic oxidation sites excluding steroid dienone is 16. The summed E-state index contributed by atoms with van der Waals surface area (Å²) >= 11 is 0. The first-order valence-electron chi connectivity index (χ1n) is 25.7. The topological polar surface area (TPSA) is 78.9 Å². The molecule has 0 aliphatic heterocycles. The Morgan fingerprint density at radius 3 is 1.03 bits per heavy atom. The molecule has 0 spiro atoms. The van der Waals surface area contributed by atoms with E-state index >= 15 is 0 Å². The van der Waals surface area contributed by atoms with E-state index in [9.17, 15) is 14.4 Å². The van der Waals surface area contributed by atoms with Gasteiger partial charge < -0.3 is 14.2 Å². The van der Waals surface area contributed by atoms with Gasteiger partial charge >= 0.3 is 17.9 Å². The second kappa shape index (κ2) is 51.0. The molecule has 0 aromatic heterocycles. The first-order valence-corrected chi connectivity index (χ1v) is 25.7. The van der Waals surface area contributed by atoms with Crippen LogP contribution in [0.3, 0.4) is 0 Å². The van der Waals surface area contributed by atoms with Gasteiger partial charge in [0.15, 0.2) is 6.10 Å². The molecule has 0 saturated carbocycles. The highest BCUT2D eigenvalue weighted by Gasteiger charge is 2.19. The van der Waals surface area contributed by atoms with Crippen molar-refractivity contribution in [2.45, 2.75) is 232 Å². The SMILES string of the molecule is CC/C=C\C/C=C\C/C=C\C/C=C\C/C=C\C/C=C\CCCCC(=O)OCC(COC(=O)CCCCCCC)OC(=O)CCCCCCCCCCC/C=C\C/C=C\CCCCC. The van der Waals surface area contributed by atoms with E-state index in [0.29, 0.717) is 19.3 Å². The van der Waals surface area contributed by atoms with Gasteiger partial charge in [-0.3, -0.25) is 14.4 Å². The summed E-state index contributed by atoms with van der Waals surface area (Å²) in [6.45, 7) is 6.36. The Kier molecular flexibility index (Phi) is 48.0. The Labute approximate surface area is 387 Å². The summed E-state index contributed by atoms with van der Waals surface area (Å²) in [6, 6.07) is 0. The minimum atomic E-state index is -0.794. The van der Waals surface area contributed by atoms with Crippen LogP contribution in [-0.2, 0) is 28.6 Å². The lowest BCUT2D eigenvalue weighted by Gasteiger charge is -2.18. The van der Waals surface area contributed by atoms with Crippen molar-refractivity contribution < 1.29 is 28.6 Å². The third-order valence-electron chi connectivity index (χ3n) is 10.6. The van der Waals surface area contributed by atoms with Gasteiger partial charge in [0, 0.05) is 19.3 Å². The second-order valence-corrected chi connectivity index (χ2v) is 16.7. The van der Waals surface area contributed by atoms with Gasteiger partial charge in [0.2, 0.25) is 0 Å². The van der Waals surface area contributed by atoms with Crippen molar-refractivity contribution in [2.24, 2.45) is 0 Å². The van der Waals surface area contributed by atoms with Gasteiger partial charge in [0.25, 0.3) is 0 Å². The van der Waals surface area contributed by atoms with E-state index < -0.39 is 6.10 Å². The monoisotopic (exact) mass is 875 g/mol. The molecule has 0 heterocycles. The maximum Gasteiger partial charge on any atom is 0.306 e. The molecular weight excluding hydrogens is 781 g/mol. The van der Waals surface area contributed by atoms with Crippen LogP contribution in [0.2, 0.25) is 0 Å². The van der Waals surface area contributed by atoms with Crippen LogP contribution in [0.25, 0.3) is 0 Å². The molecule has 0 amide bonds. The maximum absolute atomic E-state index is 12.7. The number of rotatable bonds is 45. The number of hydrogen-bond donors (Lipinski definition) is 0. The molecule has 0 N–H and O–H groups in total. The maximum atomic E-state index is 12.7. The van der Waals surface area contributed by atoms with Gasteiger partial charge in [0.1, 0.15) is 13.2 Å². The molecular formula is C57H94O6. The van der Waals surface area contributed by atoms with Gasteiger partial charge in [0.05, 0.1) is 0 Å². The van der Waals surface area contributed by atoms with Crippen LogP contribution < -0.4 is 0 Å². The van der Waals surface area contributed by atoms with E-state index in [2.05, 4.69) is 118 Å². The van der Waals surface area contributed by atoms with Crippen LogP contribution >= 0.6 is 0 Å². The molecule has 6 heteroatoms. The molecule has 358 valence electrons. The quantitative estimate of drug-likeness (QED) is 0.0262. The molecule has 6 nitrogen and oxygen atoms in total. The molecule has 0 rings (SSSR count). The highest BCUT2D eigenvalue weighted by molar-refractivity contribution is 5.71. The number of carbonyl (C=O) groups is 3. The van der Waals surface area contributed by atoms with E-state index in [0.717, 1.165) is 116 Å². The molecule has 0 saturated heterocycles. The molecule has 63 heavy (non-hydrogen) atoms. The Bertz CT molecular complexity index is 1280. The average molecular weight is 875 g/mol. The van der Waals surface area contributed by atoms with E-state index in [1.165, 1.54) is 70.6 Å². The van der Waals surface area contributed by atoms with Crippen molar-refractivity contribution in [3.8, 4) is 0 Å². The summed E-state index contributed by atoms with van der Waals surface area (Å²) in [4.78, 5) is 37.7. The molecule has 0 bridgehead atoms. The van der Waals surface area contributed by atoms with Crippen LogP contribution in [-0.4, -0.2) is 37.2 Å². The van der Waals surface area contributed by atoms with Crippen molar-refractivity contribution in [3.05, 3.63) is 97.2 Å². The predicted octanol–water partition coefficient (Wildman–Crippen LogP) is 17.0. The lowest BCUT2D eigenvalue weighted by Crippen LogP contribution is -2.30.